The Balaban J connectivity index is 1.50. The van der Waals surface area contributed by atoms with E-state index in [9.17, 15) is 14.7 Å². The van der Waals surface area contributed by atoms with Gasteiger partial charge in [0.25, 0.3) is 0 Å². The molecule has 0 radical (unpaired) electrons. The van der Waals surface area contributed by atoms with Crippen LogP contribution in [0.4, 0.5) is 0 Å². The van der Waals surface area contributed by atoms with Crippen molar-refractivity contribution in [2.24, 2.45) is 17.8 Å². The lowest BCUT2D eigenvalue weighted by Crippen LogP contribution is -2.40. The Hall–Kier alpha value is -1.88. The minimum absolute atomic E-state index is 0.00215. The van der Waals surface area contributed by atoms with Crippen molar-refractivity contribution in [3.63, 3.8) is 0 Å². The van der Waals surface area contributed by atoms with E-state index >= 15 is 0 Å². The largest absolute Gasteiger partial charge is 0.493 e. The van der Waals surface area contributed by atoms with Crippen molar-refractivity contribution in [3.05, 3.63) is 29.8 Å². The molecule has 152 valence electrons. The minimum Gasteiger partial charge on any atom is -0.493 e. The molecule has 1 aromatic rings. The van der Waals surface area contributed by atoms with E-state index in [1.807, 2.05) is 24.3 Å². The number of hydrogen-bond acceptors (Lipinski definition) is 5. The SMILES string of the molecule is COC(=O)[C@]1(c2cccc(OCC3CCCCC3)c2)C[C@H]1C(=O)C1CCC1O. The lowest BCUT2D eigenvalue weighted by atomic mass is 9.76. The van der Waals surface area contributed by atoms with Crippen molar-refractivity contribution >= 4 is 11.8 Å². The molecule has 28 heavy (non-hydrogen) atoms. The molecule has 4 atom stereocenters. The molecule has 0 saturated heterocycles. The molecular weight excluding hydrogens is 356 g/mol. The monoisotopic (exact) mass is 386 g/mol. The minimum atomic E-state index is -0.925. The summed E-state index contributed by atoms with van der Waals surface area (Å²) in [6.07, 6.45) is 7.56. The molecule has 3 fully saturated rings. The highest BCUT2D eigenvalue weighted by molar-refractivity contribution is 6.00. The fourth-order valence-corrected chi connectivity index (χ4v) is 4.96. The van der Waals surface area contributed by atoms with Crippen LogP contribution in [0.3, 0.4) is 0 Å². The molecule has 3 saturated carbocycles. The van der Waals surface area contributed by atoms with Gasteiger partial charge in [0.2, 0.25) is 0 Å². The zero-order valence-electron chi connectivity index (χ0n) is 16.6. The van der Waals surface area contributed by atoms with Gasteiger partial charge >= 0.3 is 5.97 Å². The average molecular weight is 386 g/mol. The number of aliphatic hydroxyl groups excluding tert-OH is 1. The molecule has 1 N–H and O–H groups in total. The molecule has 0 spiro atoms. The molecule has 0 aromatic heterocycles. The second kappa shape index (κ2) is 7.86. The topological polar surface area (TPSA) is 72.8 Å². The van der Waals surface area contributed by atoms with E-state index in [4.69, 9.17) is 9.47 Å². The van der Waals surface area contributed by atoms with Gasteiger partial charge in [-0.25, -0.2) is 0 Å². The van der Waals surface area contributed by atoms with Gasteiger partial charge < -0.3 is 14.6 Å². The van der Waals surface area contributed by atoms with Gasteiger partial charge in [-0.05, 0) is 55.7 Å². The molecule has 4 rings (SSSR count). The van der Waals surface area contributed by atoms with E-state index < -0.39 is 17.4 Å². The van der Waals surface area contributed by atoms with E-state index in [2.05, 4.69) is 0 Å². The van der Waals surface area contributed by atoms with Crippen LogP contribution in [0, 0.1) is 17.8 Å². The Morgan fingerprint density at radius 3 is 2.57 bits per heavy atom. The number of benzene rings is 1. The first-order valence-corrected chi connectivity index (χ1v) is 10.6. The lowest BCUT2D eigenvalue weighted by Gasteiger charge is -2.31. The zero-order chi connectivity index (χ0) is 19.7. The Kier molecular flexibility index (Phi) is 5.46. The molecule has 5 nitrogen and oxygen atoms in total. The summed E-state index contributed by atoms with van der Waals surface area (Å²) in [6.45, 7) is 0.700. The summed E-state index contributed by atoms with van der Waals surface area (Å²) in [7, 11) is 1.37. The standard InChI is InChI=1S/C23H30O5/c1-27-22(26)23(13-19(23)21(25)18-10-11-20(18)24)16-8-5-9-17(12-16)28-14-15-6-3-2-4-7-15/h5,8-9,12,15,18-20,24H,2-4,6-7,10-11,13-14H2,1H3/t18?,19-,20?,23-/m0/s1. The van der Waals surface area contributed by atoms with Gasteiger partial charge in [-0.3, -0.25) is 9.59 Å². The van der Waals surface area contributed by atoms with E-state index in [1.54, 1.807) is 0 Å². The first kappa shape index (κ1) is 19.4. The van der Waals surface area contributed by atoms with Crippen molar-refractivity contribution in [1.82, 2.24) is 0 Å². The van der Waals surface area contributed by atoms with E-state index in [0.29, 0.717) is 31.8 Å². The third-order valence-corrected chi connectivity index (χ3v) is 7.02. The molecule has 3 aliphatic carbocycles. The van der Waals surface area contributed by atoms with Crippen molar-refractivity contribution in [2.45, 2.75) is 62.9 Å². The van der Waals surface area contributed by atoms with Crippen LogP contribution >= 0.6 is 0 Å². The summed E-state index contributed by atoms with van der Waals surface area (Å²) in [4.78, 5) is 25.5. The van der Waals surface area contributed by atoms with Crippen LogP contribution in [0.2, 0.25) is 0 Å². The number of ketones is 1. The van der Waals surface area contributed by atoms with Crippen LogP contribution in [0.25, 0.3) is 0 Å². The molecular formula is C23H30O5. The maximum absolute atomic E-state index is 12.8. The van der Waals surface area contributed by atoms with Crippen LogP contribution in [-0.4, -0.2) is 36.7 Å². The second-order valence-electron chi connectivity index (χ2n) is 8.72. The Bertz CT molecular complexity index is 738. The molecule has 3 aliphatic rings. The van der Waals surface area contributed by atoms with Crippen molar-refractivity contribution in [1.29, 1.82) is 0 Å². The van der Waals surface area contributed by atoms with Gasteiger partial charge in [-0.2, -0.15) is 0 Å². The van der Waals surface area contributed by atoms with E-state index in [1.165, 1.54) is 39.2 Å². The quantitative estimate of drug-likeness (QED) is 0.727. The Labute approximate surface area is 166 Å². The molecule has 2 unspecified atom stereocenters. The summed E-state index contributed by atoms with van der Waals surface area (Å²) in [5, 5.41) is 9.87. The maximum Gasteiger partial charge on any atom is 0.317 e. The van der Waals surface area contributed by atoms with Gasteiger partial charge in [0, 0.05) is 11.8 Å². The highest BCUT2D eigenvalue weighted by Gasteiger charge is 2.66. The number of aliphatic hydroxyl groups is 1. The van der Waals surface area contributed by atoms with Crippen molar-refractivity contribution in [2.75, 3.05) is 13.7 Å². The summed E-state index contributed by atoms with van der Waals surface area (Å²) >= 11 is 0. The van der Waals surface area contributed by atoms with Gasteiger partial charge in [-0.1, -0.05) is 31.4 Å². The van der Waals surface area contributed by atoms with Crippen LogP contribution in [0.15, 0.2) is 24.3 Å². The van der Waals surface area contributed by atoms with Crippen LogP contribution in [-0.2, 0) is 19.7 Å². The molecule has 0 bridgehead atoms. The number of methoxy groups -OCH3 is 1. The predicted molar refractivity (Wildman–Crippen MR) is 104 cm³/mol. The first-order chi connectivity index (χ1) is 13.6. The van der Waals surface area contributed by atoms with Crippen LogP contribution in [0.1, 0.15) is 56.9 Å². The van der Waals surface area contributed by atoms with Crippen molar-refractivity contribution < 1.29 is 24.2 Å². The summed E-state index contributed by atoms with van der Waals surface area (Å²) in [5.74, 6) is 0.230. The highest BCUT2D eigenvalue weighted by atomic mass is 16.5. The van der Waals surface area contributed by atoms with Gasteiger partial charge in [-0.15, -0.1) is 0 Å². The molecule has 5 heteroatoms. The summed E-state index contributed by atoms with van der Waals surface area (Å²) < 4.78 is 11.1. The third kappa shape index (κ3) is 3.45. The predicted octanol–water partition coefficient (Wildman–Crippen LogP) is 3.42. The third-order valence-electron chi connectivity index (χ3n) is 7.02. The van der Waals surface area contributed by atoms with Gasteiger partial charge in [0.15, 0.2) is 0 Å². The second-order valence-corrected chi connectivity index (χ2v) is 8.72. The summed E-state index contributed by atoms with van der Waals surface area (Å²) in [6, 6.07) is 7.57. The average Bonchev–Trinajstić information content (AvgIpc) is 3.48. The number of carbonyl (C=O) groups is 2. The number of carbonyl (C=O) groups excluding carboxylic acids is 2. The normalized spacial score (nSPS) is 32.3. The lowest BCUT2D eigenvalue weighted by molar-refractivity contribution is -0.146. The highest BCUT2D eigenvalue weighted by Crippen LogP contribution is 2.58. The number of esters is 1. The smallest absolute Gasteiger partial charge is 0.317 e. The van der Waals surface area contributed by atoms with Crippen molar-refractivity contribution in [3.8, 4) is 5.75 Å². The summed E-state index contributed by atoms with van der Waals surface area (Å²) in [5.41, 5.74) is -0.140. The van der Waals surface area contributed by atoms with Crippen LogP contribution in [0.5, 0.6) is 5.75 Å². The first-order valence-electron chi connectivity index (χ1n) is 10.6. The van der Waals surface area contributed by atoms with Gasteiger partial charge in [0.1, 0.15) is 16.9 Å². The number of ether oxygens (including phenoxy) is 2. The number of hydrogen-bond donors (Lipinski definition) is 1. The molecule has 1 aromatic carbocycles. The fraction of sp³-hybridized carbons (Fsp3) is 0.652. The number of rotatable bonds is 7. The zero-order valence-corrected chi connectivity index (χ0v) is 16.6. The maximum atomic E-state index is 12.8. The molecule has 0 aliphatic heterocycles. The number of Topliss-reactive ketones (excluding diaryl/α,β-unsaturated/α-hetero) is 1. The Morgan fingerprint density at radius 1 is 1.14 bits per heavy atom. The van der Waals surface area contributed by atoms with Gasteiger partial charge in [0.05, 0.1) is 19.8 Å². The van der Waals surface area contributed by atoms with Crippen LogP contribution < -0.4 is 4.74 Å². The van der Waals surface area contributed by atoms with E-state index in [-0.39, 0.29) is 17.7 Å². The molecule has 0 heterocycles. The fourth-order valence-electron chi connectivity index (χ4n) is 4.96. The molecule has 0 amide bonds. The van der Waals surface area contributed by atoms with E-state index in [0.717, 1.165) is 11.3 Å². The Morgan fingerprint density at radius 2 is 1.93 bits per heavy atom.